The second-order valence-corrected chi connectivity index (χ2v) is 6.92. The molecule has 9 heteroatoms. The highest BCUT2D eigenvalue weighted by atomic mass is 35.5. The van der Waals surface area contributed by atoms with Crippen molar-refractivity contribution >= 4 is 46.8 Å². The fourth-order valence-electron chi connectivity index (χ4n) is 1.97. The average Bonchev–Trinajstić information content (AvgIpc) is 2.65. The first-order chi connectivity index (χ1) is 12.9. The molecular weight excluding hydrogens is 413 g/mol. The predicted octanol–water partition coefficient (Wildman–Crippen LogP) is 5.35. The summed E-state index contributed by atoms with van der Waals surface area (Å²) in [5.41, 5.74) is 7.23. The molecule has 27 heavy (non-hydrogen) atoms. The summed E-state index contributed by atoms with van der Waals surface area (Å²) >= 11 is 12.5. The molecule has 2 N–H and O–H groups in total. The summed E-state index contributed by atoms with van der Waals surface area (Å²) in [5, 5.41) is 0.963. The van der Waals surface area contributed by atoms with Gasteiger partial charge in [0.25, 0.3) is 0 Å². The normalized spacial score (nSPS) is 10.2. The van der Waals surface area contributed by atoms with Gasteiger partial charge in [-0.25, -0.2) is 13.5 Å². The van der Waals surface area contributed by atoms with E-state index >= 15 is 0 Å². The van der Waals surface area contributed by atoms with Crippen LogP contribution in [0.1, 0.15) is 11.1 Å². The minimum absolute atomic E-state index is 0.0659. The maximum absolute atomic E-state index is 14.7. The molecule has 0 saturated heterocycles. The second kappa shape index (κ2) is 8.44. The van der Waals surface area contributed by atoms with Gasteiger partial charge in [0.15, 0.2) is 10.7 Å². The van der Waals surface area contributed by atoms with Crippen LogP contribution in [-0.2, 0) is 11.9 Å². The molecule has 0 atom stereocenters. The van der Waals surface area contributed by atoms with Crippen LogP contribution in [0.2, 0.25) is 10.0 Å². The van der Waals surface area contributed by atoms with Crippen molar-refractivity contribution in [3.05, 3.63) is 81.3 Å². The van der Waals surface area contributed by atoms with Gasteiger partial charge in [-0.2, -0.15) is 0 Å². The summed E-state index contributed by atoms with van der Waals surface area (Å²) in [7, 11) is 0. The van der Waals surface area contributed by atoms with E-state index in [4.69, 9.17) is 28.9 Å². The molecule has 0 unspecified atom stereocenters. The van der Waals surface area contributed by atoms with E-state index in [1.807, 2.05) is 0 Å². The molecule has 0 saturated carbocycles. The van der Waals surface area contributed by atoms with Crippen LogP contribution in [0.15, 0.2) is 47.6 Å². The Hall–Kier alpha value is -2.53. The molecule has 2 aromatic carbocycles. The second-order valence-electron chi connectivity index (χ2n) is 5.15. The van der Waals surface area contributed by atoms with Crippen LogP contribution in [0.3, 0.4) is 0 Å². The summed E-state index contributed by atoms with van der Waals surface area (Å²) in [6.07, 6.45) is 2.61. The first kappa shape index (κ1) is 19.2. The third-order valence-corrected chi connectivity index (χ3v) is 4.94. The van der Waals surface area contributed by atoms with Crippen LogP contribution >= 0.6 is 23.2 Å². The monoisotopic (exact) mass is 422 g/mol. The summed E-state index contributed by atoms with van der Waals surface area (Å²) in [6.45, 7) is 0. The molecule has 0 fully saturated rings. The topological polar surface area (TPSA) is 61.6 Å². The molecule has 0 spiro atoms. The molecule has 1 heterocycles. The van der Waals surface area contributed by atoms with Crippen LogP contribution < -0.4 is 4.72 Å². The standard InChI is InChI=1S/C18H9Cl2F2N4S/c19-11-2-4-13(20)16(7-11)27-26-15-6-5-14(21)12(17(15)22)3-1-10-8-24-18(23)25-9-10/h2,4-9,26H,(H-,23,24,25)/q-1/p+1. The molecule has 0 amide bonds. The predicted molar refractivity (Wildman–Crippen MR) is 105 cm³/mol. The van der Waals surface area contributed by atoms with Gasteiger partial charge < -0.3 is 15.7 Å². The van der Waals surface area contributed by atoms with Crippen molar-refractivity contribution < 1.29 is 8.78 Å². The SMILES string of the molecule is [NH-]c1ncc(C#Cc2c(F)ccc(N[SH+]c3cc(Cl)ccc3Cl)c2F)cn1. The summed E-state index contributed by atoms with van der Waals surface area (Å²) in [4.78, 5) is 7.97. The largest absolute Gasteiger partial charge is 0.410 e. The molecule has 0 aliphatic carbocycles. The fourth-order valence-corrected chi connectivity index (χ4v) is 3.26. The van der Waals surface area contributed by atoms with Crippen molar-refractivity contribution in [3.8, 4) is 11.8 Å². The Morgan fingerprint density at radius 3 is 2.52 bits per heavy atom. The molecule has 4 nitrogen and oxygen atoms in total. The van der Waals surface area contributed by atoms with Gasteiger partial charge >= 0.3 is 0 Å². The Balaban J connectivity index is 1.85. The average molecular weight is 423 g/mol. The smallest absolute Gasteiger partial charge is 0.199 e. The summed E-state index contributed by atoms with van der Waals surface area (Å²) in [5.74, 6) is 3.24. The van der Waals surface area contributed by atoms with Crippen LogP contribution in [0.25, 0.3) is 5.73 Å². The highest BCUT2D eigenvalue weighted by molar-refractivity contribution is 7.80. The Morgan fingerprint density at radius 2 is 1.78 bits per heavy atom. The van der Waals surface area contributed by atoms with Gasteiger partial charge in [0, 0.05) is 22.6 Å². The number of benzene rings is 2. The minimum Gasteiger partial charge on any atom is -0.410 e. The van der Waals surface area contributed by atoms with E-state index in [0.29, 0.717) is 32.5 Å². The number of nitrogens with zero attached hydrogens (tertiary/aromatic N) is 2. The number of nitrogens with one attached hydrogen (secondary N) is 2. The number of thiol groups is 1. The third-order valence-electron chi connectivity index (χ3n) is 3.28. The zero-order valence-electron chi connectivity index (χ0n) is 13.4. The quantitative estimate of drug-likeness (QED) is 0.351. The lowest BCUT2D eigenvalue weighted by molar-refractivity contribution is 0.580. The lowest BCUT2D eigenvalue weighted by atomic mass is 10.1. The Morgan fingerprint density at radius 1 is 1.04 bits per heavy atom. The number of anilines is 1. The van der Waals surface area contributed by atoms with E-state index in [2.05, 4.69) is 26.5 Å². The number of hydrogen-bond donors (Lipinski definition) is 1. The first-order valence-electron chi connectivity index (χ1n) is 7.39. The van der Waals surface area contributed by atoms with E-state index in [0.717, 1.165) is 6.07 Å². The number of hydrogen-bond acceptors (Lipinski definition) is 3. The molecule has 0 bridgehead atoms. The van der Waals surface area contributed by atoms with Gasteiger partial charge in [0.2, 0.25) is 0 Å². The zero-order chi connectivity index (χ0) is 19.4. The van der Waals surface area contributed by atoms with Gasteiger partial charge in [0.1, 0.15) is 23.5 Å². The minimum atomic E-state index is -0.828. The lowest BCUT2D eigenvalue weighted by Crippen LogP contribution is -2.03. The molecule has 3 aromatic rings. The van der Waals surface area contributed by atoms with E-state index < -0.39 is 11.6 Å². The van der Waals surface area contributed by atoms with Crippen molar-refractivity contribution in [2.75, 3.05) is 4.72 Å². The first-order valence-corrected chi connectivity index (χ1v) is 9.04. The van der Waals surface area contributed by atoms with Gasteiger partial charge in [-0.15, -0.1) is 0 Å². The Labute approximate surface area is 168 Å². The molecule has 1 aromatic heterocycles. The van der Waals surface area contributed by atoms with Gasteiger partial charge in [-0.1, -0.05) is 35.0 Å². The van der Waals surface area contributed by atoms with E-state index in [1.165, 1.54) is 18.5 Å². The van der Waals surface area contributed by atoms with Crippen molar-refractivity contribution in [2.24, 2.45) is 0 Å². The summed E-state index contributed by atoms with van der Waals surface area (Å²) < 4.78 is 31.5. The summed E-state index contributed by atoms with van der Waals surface area (Å²) in [6, 6.07) is 7.33. The molecule has 136 valence electrons. The molecule has 0 aliphatic rings. The fraction of sp³-hybridized carbons (Fsp3) is 0. The number of rotatable bonds is 3. The van der Waals surface area contributed by atoms with Crippen molar-refractivity contribution in [1.82, 2.24) is 9.97 Å². The number of halogens is 4. The van der Waals surface area contributed by atoms with E-state index in [9.17, 15) is 8.78 Å². The maximum Gasteiger partial charge on any atom is 0.199 e. The van der Waals surface area contributed by atoms with Crippen LogP contribution in [0.5, 0.6) is 0 Å². The Bertz CT molecular complexity index is 1050. The van der Waals surface area contributed by atoms with Gasteiger partial charge in [-0.3, -0.25) is 0 Å². The van der Waals surface area contributed by atoms with Gasteiger partial charge in [-0.05, 0) is 36.7 Å². The third kappa shape index (κ3) is 4.80. The molecular formula is C18H10Cl2F2N4S. The van der Waals surface area contributed by atoms with Crippen molar-refractivity contribution in [3.63, 3.8) is 0 Å². The van der Waals surface area contributed by atoms with Crippen molar-refractivity contribution in [2.45, 2.75) is 4.90 Å². The maximum atomic E-state index is 14.7. The molecule has 0 radical (unpaired) electrons. The van der Waals surface area contributed by atoms with Crippen LogP contribution in [0.4, 0.5) is 20.4 Å². The Kier molecular flexibility index (Phi) is 6.01. The highest BCUT2D eigenvalue weighted by Crippen LogP contribution is 2.25. The molecule has 0 aliphatic heterocycles. The van der Waals surface area contributed by atoms with Crippen LogP contribution in [0, 0.1) is 23.5 Å². The van der Waals surface area contributed by atoms with Crippen molar-refractivity contribution in [1.29, 1.82) is 0 Å². The highest BCUT2D eigenvalue weighted by Gasteiger charge is 2.16. The zero-order valence-corrected chi connectivity index (χ0v) is 15.8. The number of aromatic nitrogens is 2. The van der Waals surface area contributed by atoms with E-state index in [-0.39, 0.29) is 17.2 Å². The molecule has 3 rings (SSSR count). The lowest BCUT2D eigenvalue weighted by Gasteiger charge is -2.04. The van der Waals surface area contributed by atoms with Gasteiger partial charge in [0.05, 0.1) is 10.6 Å². The van der Waals surface area contributed by atoms with E-state index in [1.54, 1.807) is 18.2 Å². The van der Waals surface area contributed by atoms with Crippen LogP contribution in [-0.4, -0.2) is 9.97 Å².